The maximum absolute atomic E-state index is 12.5. The lowest BCUT2D eigenvalue weighted by atomic mass is 10.1. The van der Waals surface area contributed by atoms with Crippen molar-refractivity contribution in [2.75, 3.05) is 34.0 Å². The van der Waals surface area contributed by atoms with Gasteiger partial charge >= 0.3 is 17.7 Å². The van der Waals surface area contributed by atoms with Crippen molar-refractivity contribution in [2.24, 2.45) is 0 Å². The molecule has 170 valence electrons. The molecule has 4 rings (SSSR count). The molecule has 0 unspecified atom stereocenters. The van der Waals surface area contributed by atoms with Crippen LogP contribution in [-0.4, -0.2) is 70.4 Å². The molecule has 0 saturated carbocycles. The van der Waals surface area contributed by atoms with E-state index in [1.807, 2.05) is 24.3 Å². The van der Waals surface area contributed by atoms with Crippen molar-refractivity contribution < 1.29 is 19.0 Å². The first-order valence-electron chi connectivity index (χ1n) is 10.6. The summed E-state index contributed by atoms with van der Waals surface area (Å²) >= 11 is 0. The zero-order valence-corrected chi connectivity index (χ0v) is 18.2. The van der Waals surface area contributed by atoms with Gasteiger partial charge in [0.15, 0.2) is 5.65 Å². The predicted molar refractivity (Wildman–Crippen MR) is 117 cm³/mol. The van der Waals surface area contributed by atoms with Crippen molar-refractivity contribution in [1.29, 1.82) is 0 Å². The zero-order valence-electron chi connectivity index (χ0n) is 18.2. The van der Waals surface area contributed by atoms with Crippen LogP contribution in [0.2, 0.25) is 0 Å². The predicted octanol–water partition coefficient (Wildman–Crippen LogP) is 1.33. The lowest BCUT2D eigenvalue weighted by Crippen LogP contribution is -2.36. The summed E-state index contributed by atoms with van der Waals surface area (Å²) in [5, 5.41) is 0. The van der Waals surface area contributed by atoms with E-state index in [-0.39, 0.29) is 23.7 Å². The van der Waals surface area contributed by atoms with Crippen LogP contribution in [0, 0.1) is 0 Å². The Hall–Kier alpha value is -3.24. The third-order valence-corrected chi connectivity index (χ3v) is 5.59. The van der Waals surface area contributed by atoms with Crippen LogP contribution in [0.5, 0.6) is 6.01 Å². The van der Waals surface area contributed by atoms with Crippen LogP contribution in [-0.2, 0) is 27.4 Å². The van der Waals surface area contributed by atoms with Crippen LogP contribution in [0.3, 0.4) is 0 Å². The van der Waals surface area contributed by atoms with Gasteiger partial charge in [0.05, 0.1) is 26.5 Å². The van der Waals surface area contributed by atoms with Gasteiger partial charge in [-0.15, -0.1) is 0 Å². The average Bonchev–Trinajstić information content (AvgIpc) is 3.39. The molecular formula is C22H27N5O5. The minimum atomic E-state index is -0.259. The number of rotatable bonds is 9. The summed E-state index contributed by atoms with van der Waals surface area (Å²) in [5.41, 5.74) is 2.84. The summed E-state index contributed by atoms with van der Waals surface area (Å²) in [4.78, 5) is 37.8. The molecule has 10 nitrogen and oxygen atoms in total. The molecule has 2 aromatic heterocycles. The Balaban J connectivity index is 1.47. The molecule has 1 N–H and O–H groups in total. The van der Waals surface area contributed by atoms with Gasteiger partial charge in [0, 0.05) is 13.7 Å². The van der Waals surface area contributed by atoms with Crippen molar-refractivity contribution in [3.05, 3.63) is 52.1 Å². The fourth-order valence-corrected chi connectivity index (χ4v) is 3.95. The number of aromatic nitrogens is 4. The number of methoxy groups -OCH3 is 2. The number of nitrogens with one attached hydrogen (secondary N) is 1. The number of aromatic amines is 1. The number of nitrogens with zero attached hydrogens (tertiary/aromatic N) is 4. The van der Waals surface area contributed by atoms with Gasteiger partial charge in [-0.2, -0.15) is 4.98 Å². The Morgan fingerprint density at radius 1 is 1.16 bits per heavy atom. The van der Waals surface area contributed by atoms with Gasteiger partial charge in [0.25, 0.3) is 0 Å². The number of H-pyrrole nitrogens is 1. The fraction of sp³-hybridized carbons (Fsp3) is 0.455. The Morgan fingerprint density at radius 3 is 2.62 bits per heavy atom. The molecular weight excluding hydrogens is 414 g/mol. The topological polar surface area (TPSA) is 112 Å². The fourth-order valence-electron chi connectivity index (χ4n) is 3.95. The quantitative estimate of drug-likeness (QED) is 0.391. The number of likely N-dealkylation sites (tertiary alicyclic amines) is 1. The number of fused-ring (bicyclic) bond motifs is 1. The van der Waals surface area contributed by atoms with Crippen LogP contribution in [0.4, 0.5) is 0 Å². The molecule has 0 bridgehead atoms. The highest BCUT2D eigenvalue weighted by Gasteiger charge is 2.31. The molecule has 1 fully saturated rings. The smallest absolute Gasteiger partial charge is 0.328 e. The summed E-state index contributed by atoms with van der Waals surface area (Å²) < 4.78 is 16.9. The standard InChI is InChI=1S/C22H27N5O5/c1-30-10-11-32-21-23-12-17-19(25-21)27(22(29)24-17)14-16-7-5-15(6-8-16)13-26-9-3-4-18(26)20(28)31-2/h5-8,12,18H,3-4,9-11,13-14H2,1-2H3,(H,24,29)/t18-/m1/s1. The van der Waals surface area contributed by atoms with Gasteiger partial charge in [-0.3, -0.25) is 14.3 Å². The van der Waals surface area contributed by atoms with Crippen molar-refractivity contribution in [3.8, 4) is 6.01 Å². The average molecular weight is 441 g/mol. The minimum absolute atomic E-state index is 0.176. The van der Waals surface area contributed by atoms with Crippen LogP contribution >= 0.6 is 0 Å². The first kappa shape index (κ1) is 22.0. The highest BCUT2D eigenvalue weighted by Crippen LogP contribution is 2.21. The van der Waals surface area contributed by atoms with Crippen molar-refractivity contribution in [1.82, 2.24) is 24.4 Å². The molecule has 3 aromatic rings. The molecule has 32 heavy (non-hydrogen) atoms. The van der Waals surface area contributed by atoms with E-state index in [1.54, 1.807) is 17.9 Å². The van der Waals surface area contributed by atoms with Gasteiger partial charge in [-0.05, 0) is 30.5 Å². The summed E-state index contributed by atoms with van der Waals surface area (Å²) in [7, 11) is 3.02. The second-order valence-electron chi connectivity index (χ2n) is 7.72. The number of benzene rings is 1. The number of carbonyl (C=O) groups is 1. The monoisotopic (exact) mass is 441 g/mol. The van der Waals surface area contributed by atoms with Crippen LogP contribution in [0.25, 0.3) is 11.2 Å². The Labute approximate surface area is 185 Å². The van der Waals surface area contributed by atoms with Crippen LogP contribution in [0.1, 0.15) is 24.0 Å². The molecule has 0 amide bonds. The number of hydrogen-bond acceptors (Lipinski definition) is 8. The second-order valence-corrected chi connectivity index (χ2v) is 7.72. The zero-order chi connectivity index (χ0) is 22.5. The number of hydrogen-bond donors (Lipinski definition) is 1. The summed E-state index contributed by atoms with van der Waals surface area (Å²) in [6.45, 7) is 2.67. The van der Waals surface area contributed by atoms with Gasteiger partial charge in [0.2, 0.25) is 0 Å². The second kappa shape index (κ2) is 9.92. The molecule has 3 heterocycles. The van der Waals surface area contributed by atoms with E-state index in [0.717, 1.165) is 30.5 Å². The molecule has 0 aliphatic carbocycles. The maximum atomic E-state index is 12.5. The van der Waals surface area contributed by atoms with Crippen molar-refractivity contribution in [2.45, 2.75) is 32.0 Å². The minimum Gasteiger partial charge on any atom is -0.468 e. The largest absolute Gasteiger partial charge is 0.468 e. The molecule has 1 aliphatic rings. The first-order chi connectivity index (χ1) is 15.6. The third kappa shape index (κ3) is 4.81. The van der Waals surface area contributed by atoms with Gasteiger partial charge < -0.3 is 19.2 Å². The van der Waals surface area contributed by atoms with Gasteiger partial charge in [-0.1, -0.05) is 24.3 Å². The third-order valence-electron chi connectivity index (χ3n) is 5.59. The molecule has 0 spiro atoms. The van der Waals surface area contributed by atoms with E-state index >= 15 is 0 Å². The van der Waals surface area contributed by atoms with Gasteiger partial charge in [-0.25, -0.2) is 9.78 Å². The first-order valence-corrected chi connectivity index (χ1v) is 10.6. The van der Waals surface area contributed by atoms with E-state index in [0.29, 0.717) is 37.5 Å². The van der Waals surface area contributed by atoms with Crippen molar-refractivity contribution >= 4 is 17.1 Å². The number of carbonyl (C=O) groups excluding carboxylic acids is 1. The van der Waals surface area contributed by atoms with Crippen LogP contribution < -0.4 is 10.4 Å². The highest BCUT2D eigenvalue weighted by atomic mass is 16.5. The number of imidazole rings is 1. The number of ether oxygens (including phenoxy) is 3. The molecule has 10 heteroatoms. The van der Waals surface area contributed by atoms with E-state index in [1.165, 1.54) is 7.11 Å². The molecule has 1 atom stereocenters. The highest BCUT2D eigenvalue weighted by molar-refractivity contribution is 5.76. The Morgan fingerprint density at radius 2 is 1.91 bits per heavy atom. The van der Waals surface area contributed by atoms with Crippen LogP contribution in [0.15, 0.2) is 35.3 Å². The van der Waals surface area contributed by atoms with E-state index in [4.69, 9.17) is 14.2 Å². The molecule has 0 radical (unpaired) electrons. The molecule has 1 saturated heterocycles. The summed E-state index contributed by atoms with van der Waals surface area (Å²) in [6, 6.07) is 8.04. The lowest BCUT2D eigenvalue weighted by Gasteiger charge is -2.22. The van der Waals surface area contributed by atoms with Gasteiger partial charge in [0.1, 0.15) is 18.2 Å². The SMILES string of the molecule is COCCOc1ncc2[nH]c(=O)n(Cc3ccc(CN4CCC[C@@H]4C(=O)OC)cc3)c2n1. The van der Waals surface area contributed by atoms with Crippen molar-refractivity contribution in [3.63, 3.8) is 0 Å². The molecule has 1 aliphatic heterocycles. The summed E-state index contributed by atoms with van der Waals surface area (Å²) in [6.07, 6.45) is 3.35. The normalized spacial score (nSPS) is 16.5. The lowest BCUT2D eigenvalue weighted by molar-refractivity contribution is -0.146. The number of esters is 1. The molecule has 1 aromatic carbocycles. The summed E-state index contributed by atoms with van der Waals surface area (Å²) in [5.74, 6) is -0.176. The maximum Gasteiger partial charge on any atom is 0.328 e. The Kier molecular flexibility index (Phi) is 6.81. The van der Waals surface area contributed by atoms with E-state index < -0.39 is 0 Å². The Bertz CT molecular complexity index is 1120. The van der Waals surface area contributed by atoms with E-state index in [9.17, 15) is 9.59 Å². The van der Waals surface area contributed by atoms with E-state index in [2.05, 4.69) is 19.9 Å².